The molecule has 0 amide bonds. The summed E-state index contributed by atoms with van der Waals surface area (Å²) in [5.74, 6) is 0.0287. The van der Waals surface area contributed by atoms with Crippen LogP contribution >= 0.6 is 0 Å². The average molecular weight is 411 g/mol. The predicted octanol–water partition coefficient (Wildman–Crippen LogP) is 7.66. The minimum atomic E-state index is 0.0287. The molecule has 0 aliphatic rings. The van der Waals surface area contributed by atoms with Crippen LogP contribution in [0.1, 0.15) is 32.6 Å². The molecule has 0 N–H and O–H groups in total. The quantitative estimate of drug-likeness (QED) is 0.215. The van der Waals surface area contributed by atoms with Crippen molar-refractivity contribution in [1.82, 2.24) is 0 Å². The highest BCUT2D eigenvalue weighted by Gasteiger charge is 2.17. The van der Waals surface area contributed by atoms with Gasteiger partial charge < -0.3 is 0 Å². The van der Waals surface area contributed by atoms with Crippen LogP contribution in [0.25, 0.3) is 22.4 Å². The van der Waals surface area contributed by atoms with Gasteiger partial charge in [0, 0.05) is 11.1 Å². The number of benzene rings is 5. The molecule has 0 spiro atoms. The second-order valence-corrected chi connectivity index (χ2v) is 7.73. The number of hydrogen-bond acceptors (Lipinski definition) is 1. The maximum absolute atomic E-state index is 13.4. The smallest absolute Gasteiger partial charge is 0.193 e. The van der Waals surface area contributed by atoms with E-state index in [0.717, 1.165) is 22.3 Å². The lowest BCUT2D eigenvalue weighted by molar-refractivity contribution is 0.103. The summed E-state index contributed by atoms with van der Waals surface area (Å²) in [6, 6.07) is 42.4. The second kappa shape index (κ2) is 8.87. The topological polar surface area (TPSA) is 17.1 Å². The number of ketones is 1. The second-order valence-electron chi connectivity index (χ2n) is 7.73. The Kier molecular flexibility index (Phi) is 5.47. The van der Waals surface area contributed by atoms with Gasteiger partial charge in [0.2, 0.25) is 0 Å². The van der Waals surface area contributed by atoms with Gasteiger partial charge in [-0.05, 0) is 39.1 Å². The summed E-state index contributed by atoms with van der Waals surface area (Å²) in [6.45, 7) is 0. The zero-order chi connectivity index (χ0) is 21.8. The Hall–Kier alpha value is -4.23. The van der Waals surface area contributed by atoms with Gasteiger partial charge in [-0.25, -0.2) is 0 Å². The summed E-state index contributed by atoms with van der Waals surface area (Å²) in [5, 5.41) is 2.39. The highest BCUT2D eigenvalue weighted by Crippen LogP contribution is 2.32. The molecule has 0 bridgehead atoms. The van der Waals surface area contributed by atoms with Gasteiger partial charge in [0.15, 0.2) is 5.78 Å². The van der Waals surface area contributed by atoms with Gasteiger partial charge in [0.1, 0.15) is 0 Å². The number of rotatable bonds is 5. The Morgan fingerprint density at radius 3 is 1.81 bits per heavy atom. The van der Waals surface area contributed by atoms with Crippen molar-refractivity contribution in [2.45, 2.75) is 0 Å². The molecule has 0 fully saturated rings. The van der Waals surface area contributed by atoms with Crippen LogP contribution in [-0.2, 0) is 0 Å². The van der Waals surface area contributed by atoms with Crippen molar-refractivity contribution in [3.8, 4) is 0 Å². The van der Waals surface area contributed by atoms with Crippen molar-refractivity contribution in [2.24, 2.45) is 0 Å². The summed E-state index contributed by atoms with van der Waals surface area (Å²) in [5.41, 5.74) is 5.56. The highest BCUT2D eigenvalue weighted by atomic mass is 16.1. The summed E-state index contributed by atoms with van der Waals surface area (Å²) < 4.78 is 0. The molecule has 1 heteroatoms. The maximum atomic E-state index is 13.4. The largest absolute Gasteiger partial charge is 0.289 e. The van der Waals surface area contributed by atoms with Crippen LogP contribution in [0.3, 0.4) is 0 Å². The molecular formula is C31H22O. The first-order valence-corrected chi connectivity index (χ1v) is 10.8. The number of carbonyl (C=O) groups is 1. The molecule has 0 atom stereocenters. The lowest BCUT2D eigenvalue weighted by Crippen LogP contribution is -2.05. The first-order valence-electron chi connectivity index (χ1n) is 10.8. The summed E-state index contributed by atoms with van der Waals surface area (Å²) >= 11 is 0. The molecule has 0 aliphatic carbocycles. The molecule has 152 valence electrons. The van der Waals surface area contributed by atoms with Gasteiger partial charge in [0.25, 0.3) is 0 Å². The van der Waals surface area contributed by atoms with Crippen LogP contribution < -0.4 is 0 Å². The fraction of sp³-hybridized carbons (Fsp3) is 0. The van der Waals surface area contributed by atoms with Gasteiger partial charge in [0.05, 0.1) is 0 Å². The Bertz CT molecular complexity index is 1410. The van der Waals surface area contributed by atoms with Crippen molar-refractivity contribution in [3.63, 3.8) is 0 Å². The number of hydrogen-bond donors (Lipinski definition) is 0. The zero-order valence-electron chi connectivity index (χ0n) is 17.6. The van der Waals surface area contributed by atoms with Crippen molar-refractivity contribution in [1.29, 1.82) is 0 Å². The van der Waals surface area contributed by atoms with E-state index in [2.05, 4.69) is 60.7 Å². The Morgan fingerprint density at radius 1 is 0.500 bits per heavy atom. The van der Waals surface area contributed by atoms with E-state index in [1.807, 2.05) is 72.8 Å². The Balaban J connectivity index is 1.74. The van der Waals surface area contributed by atoms with E-state index in [4.69, 9.17) is 0 Å². The van der Waals surface area contributed by atoms with E-state index >= 15 is 0 Å². The van der Waals surface area contributed by atoms with Gasteiger partial charge >= 0.3 is 0 Å². The summed E-state index contributed by atoms with van der Waals surface area (Å²) in [7, 11) is 0. The maximum Gasteiger partial charge on any atom is 0.193 e. The Labute approximate surface area is 188 Å². The fourth-order valence-electron chi connectivity index (χ4n) is 4.13. The van der Waals surface area contributed by atoms with E-state index in [1.54, 1.807) is 0 Å². The summed E-state index contributed by atoms with van der Waals surface area (Å²) in [4.78, 5) is 13.4. The first kappa shape index (κ1) is 19.7. The van der Waals surface area contributed by atoms with E-state index < -0.39 is 0 Å². The fourth-order valence-corrected chi connectivity index (χ4v) is 4.13. The van der Waals surface area contributed by atoms with E-state index in [9.17, 15) is 4.79 Å². The standard InChI is InChI=1S/C31H22O/c32-31(25-15-5-2-6-16-25)29-21-10-9-20-28(29)30(24-12-3-1-4-13-24)22-26-18-11-17-23-14-7-8-19-27(23)26/h1-22H/b30-22-. The van der Waals surface area contributed by atoms with Crippen molar-refractivity contribution in [3.05, 3.63) is 155 Å². The third-order valence-corrected chi connectivity index (χ3v) is 5.71. The minimum absolute atomic E-state index is 0.0287. The molecule has 5 aromatic rings. The van der Waals surface area contributed by atoms with Crippen molar-refractivity contribution >= 4 is 28.2 Å². The Morgan fingerprint density at radius 2 is 1.06 bits per heavy atom. The van der Waals surface area contributed by atoms with Crippen LogP contribution in [0.4, 0.5) is 0 Å². The number of fused-ring (bicyclic) bond motifs is 1. The molecule has 5 rings (SSSR count). The van der Waals surface area contributed by atoms with Gasteiger partial charge in [-0.3, -0.25) is 4.79 Å². The monoisotopic (exact) mass is 410 g/mol. The molecule has 0 heterocycles. The van der Waals surface area contributed by atoms with Crippen LogP contribution in [-0.4, -0.2) is 5.78 Å². The normalized spacial score (nSPS) is 11.4. The van der Waals surface area contributed by atoms with Crippen LogP contribution in [0.5, 0.6) is 0 Å². The SMILES string of the molecule is O=C(c1ccccc1)c1ccccc1/C(=C\c1cccc2ccccc12)c1ccccc1. The van der Waals surface area contributed by atoms with Gasteiger partial charge in [-0.15, -0.1) is 0 Å². The van der Waals surface area contributed by atoms with E-state index in [0.29, 0.717) is 11.1 Å². The molecule has 0 saturated carbocycles. The molecule has 0 saturated heterocycles. The molecule has 32 heavy (non-hydrogen) atoms. The predicted molar refractivity (Wildman–Crippen MR) is 134 cm³/mol. The average Bonchev–Trinajstić information content (AvgIpc) is 2.88. The molecule has 0 aromatic heterocycles. The van der Waals surface area contributed by atoms with Crippen molar-refractivity contribution in [2.75, 3.05) is 0 Å². The molecule has 1 nitrogen and oxygen atoms in total. The molecular weight excluding hydrogens is 388 g/mol. The number of carbonyl (C=O) groups excluding carboxylic acids is 1. The molecule has 0 aliphatic heterocycles. The third-order valence-electron chi connectivity index (χ3n) is 5.71. The first-order chi connectivity index (χ1) is 15.8. The molecule has 5 aromatic carbocycles. The minimum Gasteiger partial charge on any atom is -0.289 e. The van der Waals surface area contributed by atoms with E-state index in [-0.39, 0.29) is 5.78 Å². The highest BCUT2D eigenvalue weighted by molar-refractivity contribution is 6.13. The third kappa shape index (κ3) is 3.89. The lowest BCUT2D eigenvalue weighted by Gasteiger charge is -2.14. The van der Waals surface area contributed by atoms with E-state index in [1.165, 1.54) is 10.8 Å². The van der Waals surface area contributed by atoms with Crippen molar-refractivity contribution < 1.29 is 4.79 Å². The molecule has 0 radical (unpaired) electrons. The lowest BCUT2D eigenvalue weighted by atomic mass is 9.88. The zero-order valence-corrected chi connectivity index (χ0v) is 17.6. The summed E-state index contributed by atoms with van der Waals surface area (Å²) in [6.07, 6.45) is 2.20. The molecule has 0 unspecified atom stereocenters. The van der Waals surface area contributed by atoms with Gasteiger partial charge in [-0.2, -0.15) is 0 Å². The van der Waals surface area contributed by atoms with Crippen LogP contribution in [0.2, 0.25) is 0 Å². The van der Waals surface area contributed by atoms with Gasteiger partial charge in [-0.1, -0.05) is 127 Å². The van der Waals surface area contributed by atoms with Crippen LogP contribution in [0, 0.1) is 0 Å². The van der Waals surface area contributed by atoms with Crippen LogP contribution in [0.15, 0.2) is 127 Å².